The van der Waals surface area contributed by atoms with Crippen molar-refractivity contribution in [3.63, 3.8) is 0 Å². The van der Waals surface area contributed by atoms with Gasteiger partial charge in [-0.2, -0.15) is 0 Å². The highest BCUT2D eigenvalue weighted by molar-refractivity contribution is 9.10. The lowest BCUT2D eigenvalue weighted by Gasteiger charge is -2.29. The summed E-state index contributed by atoms with van der Waals surface area (Å²) < 4.78 is 12.2. The third-order valence-electron chi connectivity index (χ3n) is 2.18. The first-order valence-electron chi connectivity index (χ1n) is 5.29. The van der Waals surface area contributed by atoms with Crippen molar-refractivity contribution in [2.45, 2.75) is 34.0 Å². The number of ether oxygens (including phenoxy) is 2. The summed E-state index contributed by atoms with van der Waals surface area (Å²) in [5, 5.41) is 0. The minimum atomic E-state index is -0.249. The lowest BCUT2D eigenvalue weighted by Crippen LogP contribution is -2.33. The second kappa shape index (κ2) is 5.19. The molecule has 0 spiro atoms. The van der Waals surface area contributed by atoms with Crippen molar-refractivity contribution in [2.24, 2.45) is 5.41 Å². The molecule has 0 aliphatic rings. The molecule has 0 saturated carbocycles. The molecule has 1 rings (SSSR count). The molecule has 90 valence electrons. The van der Waals surface area contributed by atoms with Crippen molar-refractivity contribution in [1.82, 2.24) is 0 Å². The van der Waals surface area contributed by atoms with Crippen LogP contribution >= 0.6 is 15.9 Å². The topological polar surface area (TPSA) is 18.5 Å². The van der Waals surface area contributed by atoms with Gasteiger partial charge in [0.1, 0.15) is 5.75 Å². The molecule has 0 radical (unpaired) electrons. The van der Waals surface area contributed by atoms with Crippen LogP contribution in [0.1, 0.15) is 26.3 Å². The van der Waals surface area contributed by atoms with Crippen LogP contribution in [0.2, 0.25) is 0 Å². The summed E-state index contributed by atoms with van der Waals surface area (Å²) in [6.07, 6.45) is -0.249. The molecule has 1 aromatic carbocycles. The molecule has 2 nitrogen and oxygen atoms in total. The smallest absolute Gasteiger partial charge is 0.204 e. The third kappa shape index (κ3) is 3.80. The van der Waals surface area contributed by atoms with Crippen LogP contribution in [-0.4, -0.2) is 13.4 Å². The molecule has 0 amide bonds. The summed E-state index contributed by atoms with van der Waals surface area (Å²) in [6.45, 7) is 8.31. The second-order valence-corrected chi connectivity index (χ2v) is 5.93. The maximum absolute atomic E-state index is 5.84. The van der Waals surface area contributed by atoms with Gasteiger partial charge in [-0.15, -0.1) is 0 Å². The molecule has 3 heteroatoms. The van der Waals surface area contributed by atoms with E-state index in [1.807, 2.05) is 25.1 Å². The van der Waals surface area contributed by atoms with Crippen molar-refractivity contribution in [1.29, 1.82) is 0 Å². The minimum absolute atomic E-state index is 0.0506. The van der Waals surface area contributed by atoms with Crippen LogP contribution in [-0.2, 0) is 4.74 Å². The normalized spacial score (nSPS) is 13.6. The molecular weight excluding hydrogens is 268 g/mol. The zero-order valence-electron chi connectivity index (χ0n) is 10.5. The van der Waals surface area contributed by atoms with Gasteiger partial charge in [-0.25, -0.2) is 0 Å². The van der Waals surface area contributed by atoms with E-state index in [1.54, 1.807) is 7.11 Å². The number of aryl methyl sites for hydroxylation is 1. The van der Waals surface area contributed by atoms with E-state index in [-0.39, 0.29) is 11.7 Å². The first kappa shape index (κ1) is 13.5. The number of rotatable bonds is 3. The Balaban J connectivity index is 2.86. The van der Waals surface area contributed by atoms with E-state index in [9.17, 15) is 0 Å². The molecule has 16 heavy (non-hydrogen) atoms. The van der Waals surface area contributed by atoms with E-state index in [0.717, 1.165) is 15.8 Å². The Bertz CT molecular complexity index is 335. The van der Waals surface area contributed by atoms with Crippen LogP contribution < -0.4 is 4.74 Å². The van der Waals surface area contributed by atoms with Gasteiger partial charge < -0.3 is 9.47 Å². The fraction of sp³-hybridized carbons (Fsp3) is 0.538. The fourth-order valence-electron chi connectivity index (χ4n) is 1.47. The Morgan fingerprint density at radius 3 is 2.25 bits per heavy atom. The first-order chi connectivity index (χ1) is 7.32. The average molecular weight is 287 g/mol. The monoisotopic (exact) mass is 286 g/mol. The van der Waals surface area contributed by atoms with Crippen molar-refractivity contribution < 1.29 is 9.47 Å². The van der Waals surface area contributed by atoms with Gasteiger partial charge in [0.05, 0.1) is 0 Å². The lowest BCUT2D eigenvalue weighted by atomic mass is 9.96. The highest BCUT2D eigenvalue weighted by Crippen LogP contribution is 2.27. The fourth-order valence-corrected chi connectivity index (χ4v) is 2.06. The zero-order chi connectivity index (χ0) is 12.3. The van der Waals surface area contributed by atoms with Gasteiger partial charge in [-0.1, -0.05) is 36.7 Å². The molecule has 1 unspecified atom stereocenters. The molecule has 0 heterocycles. The van der Waals surface area contributed by atoms with Gasteiger partial charge in [-0.05, 0) is 30.7 Å². The van der Waals surface area contributed by atoms with Crippen molar-refractivity contribution in [2.75, 3.05) is 7.11 Å². The van der Waals surface area contributed by atoms with Crippen LogP contribution in [0.5, 0.6) is 5.75 Å². The number of halogens is 1. The Morgan fingerprint density at radius 1 is 1.19 bits per heavy atom. The van der Waals surface area contributed by atoms with Gasteiger partial charge in [0.25, 0.3) is 0 Å². The summed E-state index contributed by atoms with van der Waals surface area (Å²) in [4.78, 5) is 0. The Hall–Kier alpha value is -0.540. The van der Waals surface area contributed by atoms with Gasteiger partial charge in [0.2, 0.25) is 6.29 Å². The highest BCUT2D eigenvalue weighted by Gasteiger charge is 2.26. The van der Waals surface area contributed by atoms with Crippen LogP contribution in [0.4, 0.5) is 0 Å². The van der Waals surface area contributed by atoms with Gasteiger partial charge in [0.15, 0.2) is 0 Å². The van der Waals surface area contributed by atoms with Gasteiger partial charge >= 0.3 is 0 Å². The first-order valence-corrected chi connectivity index (χ1v) is 6.09. The van der Waals surface area contributed by atoms with Crippen LogP contribution in [0.3, 0.4) is 0 Å². The van der Waals surface area contributed by atoms with Crippen LogP contribution in [0, 0.1) is 12.3 Å². The largest absolute Gasteiger partial charge is 0.464 e. The molecule has 0 aromatic heterocycles. The SMILES string of the molecule is COC(Oc1cc(C)cc(Br)c1)C(C)(C)C. The summed E-state index contributed by atoms with van der Waals surface area (Å²) in [5.41, 5.74) is 1.11. The van der Waals surface area contributed by atoms with E-state index < -0.39 is 0 Å². The molecule has 0 N–H and O–H groups in total. The predicted molar refractivity (Wildman–Crippen MR) is 69.8 cm³/mol. The van der Waals surface area contributed by atoms with Crippen molar-refractivity contribution >= 4 is 15.9 Å². The number of benzene rings is 1. The summed E-state index contributed by atoms with van der Waals surface area (Å²) in [5.74, 6) is 0.827. The Morgan fingerprint density at radius 2 is 1.81 bits per heavy atom. The molecule has 0 fully saturated rings. The number of hydrogen-bond donors (Lipinski definition) is 0. The van der Waals surface area contributed by atoms with E-state index in [0.29, 0.717) is 0 Å². The summed E-state index contributed by atoms with van der Waals surface area (Å²) in [7, 11) is 1.67. The van der Waals surface area contributed by atoms with Crippen molar-refractivity contribution in [3.05, 3.63) is 28.2 Å². The number of hydrogen-bond acceptors (Lipinski definition) is 2. The lowest BCUT2D eigenvalue weighted by molar-refractivity contribution is -0.120. The maximum Gasteiger partial charge on any atom is 0.204 e. The van der Waals surface area contributed by atoms with Crippen LogP contribution in [0.15, 0.2) is 22.7 Å². The van der Waals surface area contributed by atoms with Crippen LogP contribution in [0.25, 0.3) is 0 Å². The molecule has 0 aliphatic heterocycles. The Labute approximate surface area is 106 Å². The quantitative estimate of drug-likeness (QED) is 0.777. The molecule has 0 saturated heterocycles. The maximum atomic E-state index is 5.84. The van der Waals surface area contributed by atoms with E-state index >= 15 is 0 Å². The highest BCUT2D eigenvalue weighted by atomic mass is 79.9. The van der Waals surface area contributed by atoms with Gasteiger partial charge in [0, 0.05) is 17.0 Å². The van der Waals surface area contributed by atoms with Gasteiger partial charge in [-0.3, -0.25) is 0 Å². The molecule has 0 bridgehead atoms. The Kier molecular flexibility index (Phi) is 4.39. The predicted octanol–water partition coefficient (Wildman–Crippen LogP) is 4.15. The van der Waals surface area contributed by atoms with E-state index in [1.165, 1.54) is 0 Å². The number of methoxy groups -OCH3 is 1. The zero-order valence-corrected chi connectivity index (χ0v) is 12.1. The van der Waals surface area contributed by atoms with E-state index in [4.69, 9.17) is 9.47 Å². The summed E-state index contributed by atoms with van der Waals surface area (Å²) in [6, 6.07) is 6.00. The molecule has 1 atom stereocenters. The minimum Gasteiger partial charge on any atom is -0.464 e. The standard InChI is InChI=1S/C13H19BrO2/c1-9-6-10(14)8-11(7-9)16-12(15-5)13(2,3)4/h6-8,12H,1-5H3. The average Bonchev–Trinajstić information content (AvgIpc) is 2.10. The molecule has 1 aromatic rings. The third-order valence-corrected chi connectivity index (χ3v) is 2.64. The molecular formula is C13H19BrO2. The van der Waals surface area contributed by atoms with Crippen molar-refractivity contribution in [3.8, 4) is 5.75 Å². The summed E-state index contributed by atoms with van der Waals surface area (Å²) >= 11 is 3.45. The second-order valence-electron chi connectivity index (χ2n) is 5.02. The van der Waals surface area contributed by atoms with E-state index in [2.05, 4.69) is 36.7 Å². The molecule has 0 aliphatic carbocycles.